The summed E-state index contributed by atoms with van der Waals surface area (Å²) in [5.41, 5.74) is 2.27. The highest BCUT2D eigenvalue weighted by molar-refractivity contribution is 5.40. The van der Waals surface area contributed by atoms with Crippen LogP contribution in [0.2, 0.25) is 0 Å². The largest absolute Gasteiger partial charge is 0.396 e. The average molecular weight is 255 g/mol. The van der Waals surface area contributed by atoms with Gasteiger partial charge in [0, 0.05) is 13.2 Å². The van der Waals surface area contributed by atoms with Crippen LogP contribution in [0.3, 0.4) is 0 Å². The second-order valence-corrected chi connectivity index (χ2v) is 4.55. The normalized spacial score (nSPS) is 23.1. The fourth-order valence-corrected chi connectivity index (χ4v) is 2.41. The molecule has 0 saturated heterocycles. The first-order valence-electron chi connectivity index (χ1n) is 6.08. The van der Waals surface area contributed by atoms with Gasteiger partial charge in [-0.3, -0.25) is 5.43 Å². The standard InChI is InChI=1S/C11H18FN5O/c12-9-5-15-11(17-13)16-10(9)14-4-7-2-1-3-8(7)6-18/h5,7-8,18H,1-4,6,13H2,(H2,14,15,16,17). The lowest BCUT2D eigenvalue weighted by molar-refractivity contribution is 0.199. The van der Waals surface area contributed by atoms with E-state index in [0.717, 1.165) is 25.5 Å². The Morgan fingerprint density at radius 2 is 2.22 bits per heavy atom. The zero-order chi connectivity index (χ0) is 13.0. The van der Waals surface area contributed by atoms with E-state index in [4.69, 9.17) is 5.84 Å². The zero-order valence-electron chi connectivity index (χ0n) is 10.1. The molecule has 5 N–H and O–H groups in total. The molecular weight excluding hydrogens is 237 g/mol. The summed E-state index contributed by atoms with van der Waals surface area (Å²) in [5, 5.41) is 12.2. The maximum Gasteiger partial charge on any atom is 0.239 e. The molecule has 0 aliphatic heterocycles. The number of hydrogen-bond acceptors (Lipinski definition) is 6. The van der Waals surface area contributed by atoms with Crippen molar-refractivity contribution >= 4 is 11.8 Å². The fourth-order valence-electron chi connectivity index (χ4n) is 2.41. The van der Waals surface area contributed by atoms with Gasteiger partial charge in [0.2, 0.25) is 5.95 Å². The van der Waals surface area contributed by atoms with Crippen LogP contribution in [0.5, 0.6) is 0 Å². The molecule has 0 aromatic carbocycles. The van der Waals surface area contributed by atoms with Gasteiger partial charge in [-0.2, -0.15) is 4.98 Å². The molecule has 100 valence electrons. The number of nitrogens with two attached hydrogens (primary N) is 1. The average Bonchev–Trinajstić information content (AvgIpc) is 2.85. The van der Waals surface area contributed by atoms with Crippen LogP contribution in [0.15, 0.2) is 6.20 Å². The van der Waals surface area contributed by atoms with Crippen LogP contribution >= 0.6 is 0 Å². The predicted octanol–water partition coefficient (Wildman–Crippen LogP) is 0.722. The molecular formula is C11H18FN5O. The van der Waals surface area contributed by atoms with E-state index in [9.17, 15) is 9.50 Å². The molecule has 1 aliphatic rings. The molecule has 1 fully saturated rings. The SMILES string of the molecule is NNc1ncc(F)c(NCC2CCCC2CO)n1. The Balaban J connectivity index is 1.97. The summed E-state index contributed by atoms with van der Waals surface area (Å²) in [6.07, 6.45) is 4.26. The van der Waals surface area contributed by atoms with Gasteiger partial charge in [0.05, 0.1) is 6.20 Å². The summed E-state index contributed by atoms with van der Waals surface area (Å²) in [7, 11) is 0. The third-order valence-electron chi connectivity index (χ3n) is 3.46. The Kier molecular flexibility index (Phi) is 4.27. The van der Waals surface area contributed by atoms with Crippen molar-refractivity contribution in [2.24, 2.45) is 17.7 Å². The smallest absolute Gasteiger partial charge is 0.239 e. The molecule has 2 rings (SSSR count). The number of hydrazine groups is 1. The van der Waals surface area contributed by atoms with Gasteiger partial charge in [0.1, 0.15) is 0 Å². The van der Waals surface area contributed by atoms with E-state index in [-0.39, 0.29) is 18.4 Å². The lowest BCUT2D eigenvalue weighted by atomic mass is 9.97. The number of nitrogens with zero attached hydrogens (tertiary/aromatic N) is 2. The highest BCUT2D eigenvalue weighted by Gasteiger charge is 2.26. The topological polar surface area (TPSA) is 96.1 Å². The van der Waals surface area contributed by atoms with E-state index in [1.165, 1.54) is 0 Å². The van der Waals surface area contributed by atoms with Crippen LogP contribution in [0.25, 0.3) is 0 Å². The Morgan fingerprint density at radius 1 is 1.44 bits per heavy atom. The van der Waals surface area contributed by atoms with Crippen LogP contribution in [0.4, 0.5) is 16.2 Å². The summed E-state index contributed by atoms with van der Waals surface area (Å²) in [6.45, 7) is 0.789. The molecule has 2 unspecified atom stereocenters. The Hall–Kier alpha value is -1.47. The molecule has 0 spiro atoms. The van der Waals surface area contributed by atoms with Gasteiger partial charge in [0.25, 0.3) is 0 Å². The minimum atomic E-state index is -0.507. The number of aliphatic hydroxyl groups is 1. The van der Waals surface area contributed by atoms with Gasteiger partial charge >= 0.3 is 0 Å². The molecule has 1 aromatic rings. The van der Waals surface area contributed by atoms with Crippen LogP contribution in [-0.4, -0.2) is 28.2 Å². The van der Waals surface area contributed by atoms with Crippen molar-refractivity contribution in [3.8, 4) is 0 Å². The van der Waals surface area contributed by atoms with Gasteiger partial charge in [0.15, 0.2) is 11.6 Å². The zero-order valence-corrected chi connectivity index (χ0v) is 10.1. The van der Waals surface area contributed by atoms with Crippen molar-refractivity contribution < 1.29 is 9.50 Å². The van der Waals surface area contributed by atoms with E-state index in [0.29, 0.717) is 18.4 Å². The highest BCUT2D eigenvalue weighted by atomic mass is 19.1. The monoisotopic (exact) mass is 255 g/mol. The van der Waals surface area contributed by atoms with E-state index < -0.39 is 5.82 Å². The van der Waals surface area contributed by atoms with E-state index in [1.54, 1.807) is 0 Å². The molecule has 1 heterocycles. The Labute approximate surface area is 105 Å². The van der Waals surface area contributed by atoms with Crippen molar-refractivity contribution in [1.29, 1.82) is 0 Å². The maximum absolute atomic E-state index is 13.5. The number of hydrogen-bond donors (Lipinski definition) is 4. The Bertz CT molecular complexity index is 403. The summed E-state index contributed by atoms with van der Waals surface area (Å²) in [6, 6.07) is 0. The number of anilines is 2. The first kappa shape index (κ1) is 13.0. The second kappa shape index (κ2) is 5.92. The number of aromatic nitrogens is 2. The molecule has 1 saturated carbocycles. The molecule has 7 heteroatoms. The summed E-state index contributed by atoms with van der Waals surface area (Å²) < 4.78 is 13.5. The Morgan fingerprint density at radius 3 is 2.94 bits per heavy atom. The number of rotatable bonds is 5. The van der Waals surface area contributed by atoms with E-state index in [1.807, 2.05) is 0 Å². The highest BCUT2D eigenvalue weighted by Crippen LogP contribution is 2.31. The lowest BCUT2D eigenvalue weighted by Crippen LogP contribution is -2.22. The van der Waals surface area contributed by atoms with Crippen LogP contribution in [0.1, 0.15) is 19.3 Å². The summed E-state index contributed by atoms with van der Waals surface area (Å²) >= 11 is 0. The number of aliphatic hydroxyl groups excluding tert-OH is 1. The second-order valence-electron chi connectivity index (χ2n) is 4.55. The minimum Gasteiger partial charge on any atom is -0.396 e. The first-order valence-corrected chi connectivity index (χ1v) is 6.08. The quantitative estimate of drug-likeness (QED) is 0.457. The van der Waals surface area contributed by atoms with E-state index in [2.05, 4.69) is 20.7 Å². The van der Waals surface area contributed by atoms with Gasteiger partial charge < -0.3 is 10.4 Å². The number of nitrogen functional groups attached to an aromatic ring is 1. The minimum absolute atomic E-state index is 0.140. The van der Waals surface area contributed by atoms with Crippen molar-refractivity contribution in [1.82, 2.24) is 9.97 Å². The lowest BCUT2D eigenvalue weighted by Gasteiger charge is -2.18. The van der Waals surface area contributed by atoms with E-state index >= 15 is 0 Å². The molecule has 1 aromatic heterocycles. The molecule has 0 bridgehead atoms. The van der Waals surface area contributed by atoms with Gasteiger partial charge in [-0.15, -0.1) is 0 Å². The van der Waals surface area contributed by atoms with Gasteiger partial charge in [-0.05, 0) is 24.7 Å². The summed E-state index contributed by atoms with van der Waals surface area (Å²) in [5.74, 6) is 5.64. The van der Waals surface area contributed by atoms with Crippen LogP contribution < -0.4 is 16.6 Å². The van der Waals surface area contributed by atoms with Crippen LogP contribution in [-0.2, 0) is 0 Å². The molecule has 2 atom stereocenters. The molecule has 18 heavy (non-hydrogen) atoms. The summed E-state index contributed by atoms with van der Waals surface area (Å²) in [4.78, 5) is 7.57. The van der Waals surface area contributed by atoms with Crippen molar-refractivity contribution in [3.05, 3.63) is 12.0 Å². The van der Waals surface area contributed by atoms with Crippen molar-refractivity contribution in [2.45, 2.75) is 19.3 Å². The number of halogens is 1. The molecule has 6 nitrogen and oxygen atoms in total. The van der Waals surface area contributed by atoms with Crippen molar-refractivity contribution in [2.75, 3.05) is 23.9 Å². The van der Waals surface area contributed by atoms with Crippen LogP contribution in [0, 0.1) is 17.7 Å². The number of nitrogens with one attached hydrogen (secondary N) is 2. The third kappa shape index (κ3) is 2.85. The predicted molar refractivity (Wildman–Crippen MR) is 66.2 cm³/mol. The van der Waals surface area contributed by atoms with Gasteiger partial charge in [-0.1, -0.05) is 6.42 Å². The van der Waals surface area contributed by atoms with Crippen molar-refractivity contribution in [3.63, 3.8) is 0 Å². The third-order valence-corrected chi connectivity index (χ3v) is 3.46. The fraction of sp³-hybridized carbons (Fsp3) is 0.636. The van der Waals surface area contributed by atoms with Gasteiger partial charge in [-0.25, -0.2) is 15.2 Å². The molecule has 0 radical (unpaired) electrons. The maximum atomic E-state index is 13.5. The molecule has 1 aliphatic carbocycles. The molecule has 0 amide bonds. The first-order chi connectivity index (χ1) is 8.74.